The van der Waals surface area contributed by atoms with Crippen molar-refractivity contribution in [2.75, 3.05) is 0 Å². The molecule has 5 nitrogen and oxygen atoms in total. The van der Waals surface area contributed by atoms with Crippen molar-refractivity contribution in [2.45, 2.75) is 60.2 Å². The van der Waals surface area contributed by atoms with Gasteiger partial charge in [0, 0.05) is 10.8 Å². The van der Waals surface area contributed by atoms with Gasteiger partial charge in [0.05, 0.1) is 18.6 Å². The molecule has 136 valence electrons. The first-order valence-corrected chi connectivity index (χ1v) is 8.48. The minimum atomic E-state index is -1.90. The van der Waals surface area contributed by atoms with Crippen LogP contribution < -0.4 is 4.74 Å². The number of ether oxygens (including phenoxy) is 1. The molecule has 25 heavy (non-hydrogen) atoms. The van der Waals surface area contributed by atoms with E-state index in [-0.39, 0.29) is 30.1 Å². The van der Waals surface area contributed by atoms with E-state index in [1.165, 1.54) is 0 Å². The van der Waals surface area contributed by atoms with Crippen molar-refractivity contribution < 1.29 is 19.4 Å². The van der Waals surface area contributed by atoms with Gasteiger partial charge in [0.1, 0.15) is 23.0 Å². The van der Waals surface area contributed by atoms with Gasteiger partial charge in [0.2, 0.25) is 0 Å². The molecule has 1 aliphatic heterocycles. The van der Waals surface area contributed by atoms with E-state index in [2.05, 4.69) is 4.99 Å². The van der Waals surface area contributed by atoms with Gasteiger partial charge in [-0.3, -0.25) is 9.59 Å². The van der Waals surface area contributed by atoms with Crippen molar-refractivity contribution in [1.29, 1.82) is 0 Å². The number of benzene rings is 1. The zero-order chi connectivity index (χ0) is 19.0. The van der Waals surface area contributed by atoms with E-state index >= 15 is 0 Å². The Labute approximate surface area is 149 Å². The molecule has 1 aromatic rings. The number of Topliss-reactive ketones (excluding diaryl/α,β-unsaturated/α-hetero) is 2. The summed E-state index contributed by atoms with van der Waals surface area (Å²) in [6.07, 6.45) is -0.313. The lowest BCUT2D eigenvalue weighted by molar-refractivity contribution is -0.141. The van der Waals surface area contributed by atoms with Gasteiger partial charge in [-0.05, 0) is 12.1 Å². The fourth-order valence-electron chi connectivity index (χ4n) is 2.33. The number of aliphatic imine (C=N–C) groups is 1. The van der Waals surface area contributed by atoms with Crippen molar-refractivity contribution in [1.82, 2.24) is 0 Å². The number of hydrogen-bond acceptors (Lipinski definition) is 5. The molecule has 1 atom stereocenters. The van der Waals surface area contributed by atoms with E-state index in [0.29, 0.717) is 11.4 Å². The van der Waals surface area contributed by atoms with Gasteiger partial charge in [-0.25, -0.2) is 4.99 Å². The predicted octanol–water partition coefficient (Wildman–Crippen LogP) is 3.85. The van der Waals surface area contributed by atoms with E-state index in [1.807, 2.05) is 20.8 Å². The number of carbonyl (C=O) groups is 2. The third-order valence-electron chi connectivity index (χ3n) is 4.25. The number of ketones is 2. The number of fused-ring (bicyclic) bond motifs is 1. The first-order chi connectivity index (χ1) is 11.3. The van der Waals surface area contributed by atoms with Crippen LogP contribution in [0.3, 0.4) is 0 Å². The molecule has 1 heterocycles. The molecule has 1 aromatic carbocycles. The molecule has 2 rings (SSSR count). The zero-order valence-electron chi connectivity index (χ0n) is 15.8. The topological polar surface area (TPSA) is 76.0 Å². The van der Waals surface area contributed by atoms with Crippen molar-refractivity contribution in [2.24, 2.45) is 15.8 Å². The van der Waals surface area contributed by atoms with E-state index in [1.54, 1.807) is 45.0 Å². The summed E-state index contributed by atoms with van der Waals surface area (Å²) in [6.45, 7) is 10.8. The van der Waals surface area contributed by atoms with Crippen LogP contribution in [0.2, 0.25) is 0 Å². The molecule has 0 bridgehead atoms. The Balaban J connectivity index is 2.42. The lowest BCUT2D eigenvalue weighted by Gasteiger charge is -2.35. The Kier molecular flexibility index (Phi) is 4.92. The first kappa shape index (κ1) is 19.3. The van der Waals surface area contributed by atoms with Crippen LogP contribution in [0.15, 0.2) is 29.3 Å². The van der Waals surface area contributed by atoms with Gasteiger partial charge in [-0.2, -0.15) is 0 Å². The average Bonchev–Trinajstić information content (AvgIpc) is 2.45. The number of nitrogens with zero attached hydrogens (tertiary/aromatic N) is 1. The molecule has 0 aliphatic carbocycles. The van der Waals surface area contributed by atoms with Crippen molar-refractivity contribution >= 4 is 23.0 Å². The van der Waals surface area contributed by atoms with Crippen LogP contribution in [0.25, 0.3) is 0 Å². The molecule has 1 aliphatic rings. The highest BCUT2D eigenvalue weighted by Crippen LogP contribution is 2.39. The smallest absolute Gasteiger partial charge is 0.255 e. The summed E-state index contributed by atoms with van der Waals surface area (Å²) in [4.78, 5) is 29.4. The average molecular weight is 345 g/mol. The van der Waals surface area contributed by atoms with Gasteiger partial charge in [0.15, 0.2) is 0 Å². The number of rotatable bonds is 4. The van der Waals surface area contributed by atoms with Gasteiger partial charge < -0.3 is 9.84 Å². The molecule has 0 amide bonds. The number of aliphatic hydroxyl groups is 1. The lowest BCUT2D eigenvalue weighted by atomic mass is 9.82. The minimum Gasteiger partial charge on any atom is -0.454 e. The van der Waals surface area contributed by atoms with Crippen LogP contribution in [0.4, 0.5) is 5.69 Å². The fraction of sp³-hybridized carbons (Fsp3) is 0.550. The predicted molar refractivity (Wildman–Crippen MR) is 97.3 cm³/mol. The minimum absolute atomic E-state index is 0.0637. The van der Waals surface area contributed by atoms with E-state index in [0.717, 1.165) is 0 Å². The second kappa shape index (κ2) is 6.37. The quantitative estimate of drug-likeness (QED) is 0.899. The van der Waals surface area contributed by atoms with Crippen LogP contribution in [-0.2, 0) is 9.59 Å². The second-order valence-corrected chi connectivity index (χ2v) is 8.61. The first-order valence-electron chi connectivity index (χ1n) is 8.48. The SMILES string of the molecule is CC(C)(C)C(=O)CC1=Nc2ccccc2O[C@@]1(O)CC(=O)C(C)(C)C. The maximum atomic E-state index is 12.5. The fourth-order valence-corrected chi connectivity index (χ4v) is 2.33. The number of para-hydroxylation sites is 2. The summed E-state index contributed by atoms with van der Waals surface area (Å²) in [5.41, 5.74) is -0.472. The molecule has 0 saturated carbocycles. The molecule has 0 aromatic heterocycles. The summed E-state index contributed by atoms with van der Waals surface area (Å²) in [5.74, 6) is -1.74. The molecule has 1 N–H and O–H groups in total. The number of carbonyl (C=O) groups excluding carboxylic acids is 2. The highest BCUT2D eigenvalue weighted by atomic mass is 16.6. The lowest BCUT2D eigenvalue weighted by Crippen LogP contribution is -2.50. The van der Waals surface area contributed by atoms with Crippen LogP contribution in [0, 0.1) is 10.8 Å². The summed E-state index contributed by atoms with van der Waals surface area (Å²) < 4.78 is 5.76. The van der Waals surface area contributed by atoms with E-state index in [4.69, 9.17) is 4.74 Å². The Morgan fingerprint density at radius 2 is 1.60 bits per heavy atom. The van der Waals surface area contributed by atoms with Gasteiger partial charge in [-0.15, -0.1) is 0 Å². The Morgan fingerprint density at radius 1 is 1.04 bits per heavy atom. The summed E-state index contributed by atoms with van der Waals surface area (Å²) in [6, 6.07) is 7.01. The Morgan fingerprint density at radius 3 is 2.16 bits per heavy atom. The highest BCUT2D eigenvalue weighted by Gasteiger charge is 2.45. The van der Waals surface area contributed by atoms with Crippen LogP contribution in [-0.4, -0.2) is 28.2 Å². The summed E-state index contributed by atoms with van der Waals surface area (Å²) >= 11 is 0. The van der Waals surface area contributed by atoms with Crippen LogP contribution in [0.1, 0.15) is 54.4 Å². The van der Waals surface area contributed by atoms with Crippen LogP contribution >= 0.6 is 0 Å². The molecule has 0 spiro atoms. The molecule has 5 heteroatoms. The van der Waals surface area contributed by atoms with Crippen LogP contribution in [0.5, 0.6) is 5.75 Å². The van der Waals surface area contributed by atoms with E-state index in [9.17, 15) is 14.7 Å². The maximum absolute atomic E-state index is 12.5. The van der Waals surface area contributed by atoms with Gasteiger partial charge in [-0.1, -0.05) is 53.7 Å². The van der Waals surface area contributed by atoms with Crippen molar-refractivity contribution in [3.63, 3.8) is 0 Å². The van der Waals surface area contributed by atoms with E-state index < -0.39 is 16.6 Å². The zero-order valence-corrected chi connectivity index (χ0v) is 15.8. The highest BCUT2D eigenvalue weighted by molar-refractivity contribution is 6.10. The summed E-state index contributed by atoms with van der Waals surface area (Å²) in [5, 5.41) is 11.1. The largest absolute Gasteiger partial charge is 0.454 e. The van der Waals surface area contributed by atoms with Gasteiger partial charge in [0.25, 0.3) is 5.79 Å². The molecule has 0 radical (unpaired) electrons. The molecular formula is C20H27NO4. The maximum Gasteiger partial charge on any atom is 0.255 e. The Hall–Kier alpha value is -2.01. The molecule has 0 fully saturated rings. The summed E-state index contributed by atoms with van der Waals surface area (Å²) in [7, 11) is 0. The molecule has 0 saturated heterocycles. The monoisotopic (exact) mass is 345 g/mol. The molecule has 0 unspecified atom stereocenters. The third kappa shape index (κ3) is 4.34. The number of hydrogen-bond donors (Lipinski definition) is 1. The third-order valence-corrected chi connectivity index (χ3v) is 4.25. The second-order valence-electron chi connectivity index (χ2n) is 8.61. The Bertz CT molecular complexity index is 722. The standard InChI is InChI=1S/C20H27NO4/c1-18(2,3)16(22)11-15-20(24,12-17(23)19(4,5)6)25-14-10-8-7-9-13(14)21-15/h7-10,24H,11-12H2,1-6H3/t20-/m0/s1. The normalized spacial score (nSPS) is 20.4. The molecular weight excluding hydrogens is 318 g/mol. The van der Waals surface area contributed by atoms with Crippen molar-refractivity contribution in [3.8, 4) is 5.75 Å². The van der Waals surface area contributed by atoms with Gasteiger partial charge >= 0.3 is 0 Å². The van der Waals surface area contributed by atoms with Crippen molar-refractivity contribution in [3.05, 3.63) is 24.3 Å².